The lowest BCUT2D eigenvalue weighted by atomic mass is 9.94. The molecule has 2 nitrogen and oxygen atoms in total. The Balaban J connectivity index is 2.06. The molecule has 0 aromatic rings. The van der Waals surface area contributed by atoms with E-state index in [0.717, 1.165) is 6.04 Å². The van der Waals surface area contributed by atoms with E-state index >= 15 is 0 Å². The van der Waals surface area contributed by atoms with Crippen molar-refractivity contribution in [1.29, 1.82) is 0 Å². The van der Waals surface area contributed by atoms with E-state index < -0.39 is 0 Å². The summed E-state index contributed by atoms with van der Waals surface area (Å²) in [5.74, 6) is 0. The van der Waals surface area contributed by atoms with Crippen LogP contribution in [0.15, 0.2) is 0 Å². The molecule has 3 saturated heterocycles. The van der Waals surface area contributed by atoms with Crippen molar-refractivity contribution in [2.45, 2.75) is 18.9 Å². The van der Waals surface area contributed by atoms with E-state index in [-0.39, 0.29) is 0 Å². The molecular formula is C7H13N2. The number of hydrogen-bond donors (Lipinski definition) is 1. The maximum absolute atomic E-state index is 3.42. The second-order valence-electron chi connectivity index (χ2n) is 3.09. The van der Waals surface area contributed by atoms with Crippen LogP contribution in [0.3, 0.4) is 0 Å². The molecule has 3 aliphatic heterocycles. The van der Waals surface area contributed by atoms with Crippen LogP contribution < -0.4 is 5.32 Å². The maximum atomic E-state index is 3.42. The topological polar surface area (TPSA) is 15.3 Å². The number of piperazine rings is 1. The SMILES string of the molecule is CN1C[C]2CCC1CN2. The Morgan fingerprint density at radius 1 is 1.67 bits per heavy atom. The normalized spacial score (nSPS) is 37.7. The van der Waals surface area contributed by atoms with E-state index in [9.17, 15) is 0 Å². The quantitative estimate of drug-likeness (QED) is 0.498. The number of hydrogen-bond acceptors (Lipinski definition) is 2. The van der Waals surface area contributed by atoms with Crippen molar-refractivity contribution in [3.05, 3.63) is 6.04 Å². The van der Waals surface area contributed by atoms with Crippen LogP contribution in [-0.4, -0.2) is 31.1 Å². The summed E-state index contributed by atoms with van der Waals surface area (Å²) in [4.78, 5) is 2.44. The molecule has 3 fully saturated rings. The summed E-state index contributed by atoms with van der Waals surface area (Å²) in [5, 5.41) is 3.42. The highest BCUT2D eigenvalue weighted by molar-refractivity contribution is 5.03. The number of rotatable bonds is 0. The van der Waals surface area contributed by atoms with E-state index in [1.807, 2.05) is 0 Å². The smallest absolute Gasteiger partial charge is 0.0506 e. The fourth-order valence-electron chi connectivity index (χ4n) is 1.73. The summed E-state index contributed by atoms with van der Waals surface area (Å²) in [6.07, 6.45) is 2.69. The van der Waals surface area contributed by atoms with Crippen molar-refractivity contribution in [3.8, 4) is 0 Å². The molecule has 9 heavy (non-hydrogen) atoms. The molecule has 2 bridgehead atoms. The van der Waals surface area contributed by atoms with E-state index in [2.05, 4.69) is 17.3 Å². The van der Waals surface area contributed by atoms with Crippen LogP contribution in [-0.2, 0) is 0 Å². The van der Waals surface area contributed by atoms with Gasteiger partial charge in [-0.1, -0.05) is 0 Å². The highest BCUT2D eigenvalue weighted by Crippen LogP contribution is 2.24. The summed E-state index contributed by atoms with van der Waals surface area (Å²) in [5.41, 5.74) is 0. The van der Waals surface area contributed by atoms with E-state index in [1.165, 1.54) is 25.9 Å². The Kier molecular flexibility index (Phi) is 1.24. The standard InChI is InChI=1S/C7H13N2/c1-9-5-6-2-3-7(9)4-8-6/h7-8H,2-5H2,1H3. The van der Waals surface area contributed by atoms with Gasteiger partial charge in [-0.3, -0.25) is 0 Å². The molecule has 0 spiro atoms. The van der Waals surface area contributed by atoms with Crippen molar-refractivity contribution in [1.82, 2.24) is 10.2 Å². The van der Waals surface area contributed by atoms with Gasteiger partial charge in [-0.2, -0.15) is 0 Å². The molecule has 51 valence electrons. The second kappa shape index (κ2) is 1.96. The summed E-state index contributed by atoms with van der Waals surface area (Å²) < 4.78 is 0. The molecule has 1 atom stereocenters. The Bertz CT molecular complexity index is 105. The van der Waals surface area contributed by atoms with Gasteiger partial charge < -0.3 is 10.2 Å². The highest BCUT2D eigenvalue weighted by atomic mass is 15.2. The van der Waals surface area contributed by atoms with Crippen molar-refractivity contribution in [2.24, 2.45) is 0 Å². The Morgan fingerprint density at radius 3 is 2.78 bits per heavy atom. The molecule has 2 heteroatoms. The molecule has 0 amide bonds. The van der Waals surface area contributed by atoms with Gasteiger partial charge in [0.2, 0.25) is 0 Å². The zero-order valence-electron chi connectivity index (χ0n) is 5.85. The summed E-state index contributed by atoms with van der Waals surface area (Å²) in [6, 6.07) is 2.36. The number of nitrogens with zero attached hydrogens (tertiary/aromatic N) is 1. The molecule has 0 aliphatic carbocycles. The summed E-state index contributed by atoms with van der Waals surface area (Å²) in [7, 11) is 2.21. The lowest BCUT2D eigenvalue weighted by molar-refractivity contribution is 0.145. The maximum Gasteiger partial charge on any atom is 0.0506 e. The number of nitrogens with one attached hydrogen (secondary N) is 1. The van der Waals surface area contributed by atoms with Gasteiger partial charge >= 0.3 is 0 Å². The molecule has 1 unspecified atom stereocenters. The monoisotopic (exact) mass is 125 g/mol. The fraction of sp³-hybridized carbons (Fsp3) is 0.857. The van der Waals surface area contributed by atoms with Crippen LogP contribution in [0.4, 0.5) is 0 Å². The first kappa shape index (κ1) is 5.69. The molecule has 1 radical (unpaired) electrons. The van der Waals surface area contributed by atoms with Crippen LogP contribution in [0, 0.1) is 6.04 Å². The zero-order valence-corrected chi connectivity index (χ0v) is 5.85. The molecule has 1 N–H and O–H groups in total. The van der Waals surface area contributed by atoms with Gasteiger partial charge in [0.25, 0.3) is 0 Å². The molecule has 0 aromatic heterocycles. The zero-order chi connectivity index (χ0) is 6.27. The minimum Gasteiger partial charge on any atom is -0.307 e. The molecule has 0 saturated carbocycles. The Hall–Kier alpha value is -0.0800. The van der Waals surface area contributed by atoms with Crippen molar-refractivity contribution in [3.63, 3.8) is 0 Å². The third-order valence-corrected chi connectivity index (χ3v) is 2.43. The van der Waals surface area contributed by atoms with Crippen LogP contribution in [0.1, 0.15) is 12.8 Å². The lowest BCUT2D eigenvalue weighted by Gasteiger charge is -2.43. The van der Waals surface area contributed by atoms with E-state index in [4.69, 9.17) is 0 Å². The van der Waals surface area contributed by atoms with E-state index in [0.29, 0.717) is 0 Å². The third kappa shape index (κ3) is 0.864. The fourth-order valence-corrected chi connectivity index (χ4v) is 1.73. The van der Waals surface area contributed by atoms with Gasteiger partial charge in [0, 0.05) is 19.1 Å². The average molecular weight is 125 g/mol. The van der Waals surface area contributed by atoms with Crippen molar-refractivity contribution < 1.29 is 0 Å². The Labute approximate surface area is 56.2 Å². The third-order valence-electron chi connectivity index (χ3n) is 2.43. The first-order valence-corrected chi connectivity index (χ1v) is 3.65. The van der Waals surface area contributed by atoms with Crippen molar-refractivity contribution in [2.75, 3.05) is 20.1 Å². The molecule has 3 heterocycles. The predicted molar refractivity (Wildman–Crippen MR) is 36.9 cm³/mol. The van der Waals surface area contributed by atoms with Crippen LogP contribution in [0.25, 0.3) is 0 Å². The predicted octanol–water partition coefficient (Wildman–Crippen LogP) is 0.216. The van der Waals surface area contributed by atoms with Crippen LogP contribution in [0.5, 0.6) is 0 Å². The highest BCUT2D eigenvalue weighted by Gasteiger charge is 2.30. The molecule has 0 aromatic carbocycles. The van der Waals surface area contributed by atoms with Gasteiger partial charge in [0.05, 0.1) is 6.04 Å². The largest absolute Gasteiger partial charge is 0.307 e. The first-order valence-electron chi connectivity index (χ1n) is 3.65. The minimum absolute atomic E-state index is 0.822. The summed E-state index contributed by atoms with van der Waals surface area (Å²) >= 11 is 0. The van der Waals surface area contributed by atoms with Crippen LogP contribution in [0.2, 0.25) is 0 Å². The van der Waals surface area contributed by atoms with Gasteiger partial charge in [0.15, 0.2) is 0 Å². The minimum atomic E-state index is 0.822. The number of fused-ring (bicyclic) bond motifs is 3. The molecule has 3 aliphatic rings. The first-order chi connectivity index (χ1) is 4.36. The van der Waals surface area contributed by atoms with Gasteiger partial charge in [-0.15, -0.1) is 0 Å². The molecular weight excluding hydrogens is 112 g/mol. The van der Waals surface area contributed by atoms with Gasteiger partial charge in [-0.05, 0) is 19.9 Å². The number of piperidine rings is 2. The summed E-state index contributed by atoms with van der Waals surface area (Å²) in [6.45, 7) is 2.37. The van der Waals surface area contributed by atoms with E-state index in [1.54, 1.807) is 6.04 Å². The van der Waals surface area contributed by atoms with Crippen molar-refractivity contribution >= 4 is 0 Å². The van der Waals surface area contributed by atoms with Crippen LogP contribution >= 0.6 is 0 Å². The lowest BCUT2D eigenvalue weighted by Crippen LogP contribution is -2.55. The number of likely N-dealkylation sites (N-methyl/N-ethyl adjacent to an activating group) is 1. The second-order valence-corrected chi connectivity index (χ2v) is 3.09. The van der Waals surface area contributed by atoms with Gasteiger partial charge in [-0.25, -0.2) is 0 Å². The average Bonchev–Trinajstić information content (AvgIpc) is 1.90. The molecule has 3 rings (SSSR count). The Morgan fingerprint density at radius 2 is 2.56 bits per heavy atom. The van der Waals surface area contributed by atoms with Gasteiger partial charge in [0.1, 0.15) is 0 Å².